The Morgan fingerprint density at radius 1 is 1.33 bits per heavy atom. The molecule has 152 valence electrons. The largest absolute Gasteiger partial charge is 0.598 e. The highest BCUT2D eigenvalue weighted by molar-refractivity contribution is 7.90. The summed E-state index contributed by atoms with van der Waals surface area (Å²) in [7, 11) is 0. The lowest BCUT2D eigenvalue weighted by molar-refractivity contribution is 0.292. The van der Waals surface area contributed by atoms with Crippen molar-refractivity contribution in [3.8, 4) is 5.75 Å². The number of hydrogen-bond donors (Lipinski definition) is 2. The lowest BCUT2D eigenvalue weighted by atomic mass is 9.86. The van der Waals surface area contributed by atoms with Gasteiger partial charge in [-0.1, -0.05) is 47.5 Å². The molecule has 1 aliphatic rings. The van der Waals surface area contributed by atoms with Crippen LogP contribution in [0.1, 0.15) is 45.2 Å². The summed E-state index contributed by atoms with van der Waals surface area (Å²) in [5.41, 5.74) is 0.706. The molecule has 0 saturated carbocycles. The molecule has 0 amide bonds. The van der Waals surface area contributed by atoms with E-state index in [1.807, 2.05) is 20.8 Å². The van der Waals surface area contributed by atoms with Crippen molar-refractivity contribution in [2.75, 3.05) is 19.7 Å². The smallest absolute Gasteiger partial charge is 0.136 e. The molecule has 1 aliphatic heterocycles. The van der Waals surface area contributed by atoms with Crippen LogP contribution in [0.3, 0.4) is 0 Å². The number of hydrogen-bond acceptors (Lipinski definition) is 4. The van der Waals surface area contributed by atoms with E-state index in [1.54, 1.807) is 12.1 Å². The first-order valence-corrected chi connectivity index (χ1v) is 11.2. The lowest BCUT2D eigenvalue weighted by Gasteiger charge is -2.35. The van der Waals surface area contributed by atoms with Crippen molar-refractivity contribution in [3.05, 3.63) is 39.4 Å². The average molecular weight is 454 g/mol. The van der Waals surface area contributed by atoms with Crippen LogP contribution in [0.5, 0.6) is 5.75 Å². The molecule has 2 N–H and O–H groups in total. The van der Waals surface area contributed by atoms with Crippen LogP contribution in [0.2, 0.25) is 15.1 Å². The fourth-order valence-corrected chi connectivity index (χ4v) is 4.61. The molecule has 0 radical (unpaired) electrons. The number of benzene rings is 1. The molecule has 1 fully saturated rings. The van der Waals surface area contributed by atoms with Gasteiger partial charge in [0.05, 0.1) is 21.1 Å². The topological polar surface area (TPSA) is 56.3 Å². The van der Waals surface area contributed by atoms with Gasteiger partial charge in [-0.3, -0.25) is 0 Å². The summed E-state index contributed by atoms with van der Waals surface area (Å²) in [6, 6.07) is 1.40. The first-order valence-electron chi connectivity index (χ1n) is 8.96. The summed E-state index contributed by atoms with van der Waals surface area (Å²) in [4.78, 5) is 0. The van der Waals surface area contributed by atoms with E-state index in [0.29, 0.717) is 28.0 Å². The molecular formula is C19H27Cl3N2O2S. The third kappa shape index (κ3) is 5.92. The summed E-state index contributed by atoms with van der Waals surface area (Å²) < 4.78 is 21.6. The van der Waals surface area contributed by atoms with Crippen LogP contribution in [0.4, 0.5) is 0 Å². The molecule has 0 spiro atoms. The number of piperidine rings is 1. The highest BCUT2D eigenvalue weighted by atomic mass is 35.5. The molecule has 1 saturated heterocycles. The predicted octanol–water partition coefficient (Wildman–Crippen LogP) is 5.30. The molecule has 0 aliphatic carbocycles. The minimum Gasteiger partial charge on any atom is -0.598 e. The zero-order valence-electron chi connectivity index (χ0n) is 15.9. The number of halogens is 3. The Bertz CT molecular complexity index is 661. The first kappa shape index (κ1) is 23.1. The van der Waals surface area contributed by atoms with Gasteiger partial charge in [0.25, 0.3) is 0 Å². The van der Waals surface area contributed by atoms with Crippen molar-refractivity contribution >= 4 is 46.2 Å². The highest BCUT2D eigenvalue weighted by Gasteiger charge is 2.37. The SMILES string of the molecule is C=CCOc1cc(Cl)c(Cl)c(Cl)c1C(N[S@@+]([O-])C(C)(C)C)C1CCNCC1. The summed E-state index contributed by atoms with van der Waals surface area (Å²) >= 11 is 17.9. The zero-order valence-corrected chi connectivity index (χ0v) is 19.0. The second kappa shape index (κ2) is 10.1. The van der Waals surface area contributed by atoms with E-state index >= 15 is 0 Å². The Kier molecular flexibility index (Phi) is 8.62. The van der Waals surface area contributed by atoms with Gasteiger partial charge in [-0.15, -0.1) is 4.72 Å². The maximum atomic E-state index is 12.9. The van der Waals surface area contributed by atoms with Crippen molar-refractivity contribution in [1.82, 2.24) is 10.0 Å². The van der Waals surface area contributed by atoms with Crippen LogP contribution >= 0.6 is 34.8 Å². The van der Waals surface area contributed by atoms with Gasteiger partial charge in [-0.2, -0.15) is 0 Å². The van der Waals surface area contributed by atoms with E-state index in [0.717, 1.165) is 25.9 Å². The maximum Gasteiger partial charge on any atom is 0.136 e. The Balaban J connectivity index is 2.52. The van der Waals surface area contributed by atoms with Gasteiger partial charge in [0.2, 0.25) is 0 Å². The first-order chi connectivity index (χ1) is 12.7. The molecule has 1 aromatic rings. The normalized spacial score (nSPS) is 18.2. The van der Waals surface area contributed by atoms with Crippen LogP contribution in [0, 0.1) is 5.92 Å². The molecular weight excluding hydrogens is 427 g/mol. The van der Waals surface area contributed by atoms with Crippen LogP contribution in [-0.4, -0.2) is 29.0 Å². The minimum absolute atomic E-state index is 0.235. The molecule has 2 rings (SSSR count). The van der Waals surface area contributed by atoms with Crippen LogP contribution in [-0.2, 0) is 11.4 Å². The van der Waals surface area contributed by atoms with Crippen molar-refractivity contribution < 1.29 is 9.29 Å². The number of rotatable bonds is 7. The molecule has 1 aromatic carbocycles. The second-order valence-electron chi connectivity index (χ2n) is 7.56. The molecule has 2 atom stereocenters. The quantitative estimate of drug-likeness (QED) is 0.334. The summed E-state index contributed by atoms with van der Waals surface area (Å²) in [6.07, 6.45) is 3.51. The van der Waals surface area contributed by atoms with E-state index in [2.05, 4.69) is 16.6 Å². The van der Waals surface area contributed by atoms with Gasteiger partial charge in [0.15, 0.2) is 0 Å². The van der Waals surface area contributed by atoms with Crippen molar-refractivity contribution in [2.45, 2.75) is 44.4 Å². The van der Waals surface area contributed by atoms with Gasteiger partial charge in [-0.05, 0) is 52.6 Å². The summed E-state index contributed by atoms with van der Waals surface area (Å²) in [5, 5.41) is 4.30. The Morgan fingerprint density at radius 3 is 2.52 bits per heavy atom. The third-order valence-electron chi connectivity index (χ3n) is 4.48. The van der Waals surface area contributed by atoms with Crippen LogP contribution < -0.4 is 14.8 Å². The Morgan fingerprint density at radius 2 is 1.96 bits per heavy atom. The fraction of sp³-hybridized carbons (Fsp3) is 0.579. The molecule has 1 unspecified atom stereocenters. The van der Waals surface area contributed by atoms with E-state index in [-0.39, 0.29) is 17.0 Å². The van der Waals surface area contributed by atoms with Crippen molar-refractivity contribution in [3.63, 3.8) is 0 Å². The van der Waals surface area contributed by atoms with Crippen LogP contribution in [0.15, 0.2) is 18.7 Å². The third-order valence-corrected chi connectivity index (χ3v) is 7.33. The summed E-state index contributed by atoms with van der Waals surface area (Å²) in [5.74, 6) is 0.773. The molecule has 0 bridgehead atoms. The van der Waals surface area contributed by atoms with E-state index < -0.39 is 16.1 Å². The molecule has 4 nitrogen and oxygen atoms in total. The highest BCUT2D eigenvalue weighted by Crippen LogP contribution is 2.45. The van der Waals surface area contributed by atoms with Crippen LogP contribution in [0.25, 0.3) is 0 Å². The fourth-order valence-electron chi connectivity index (χ4n) is 3.01. The maximum absolute atomic E-state index is 12.9. The minimum atomic E-state index is -1.28. The Hall–Kier alpha value is -0.140. The van der Waals surface area contributed by atoms with Gasteiger partial charge < -0.3 is 14.6 Å². The Labute approximate surface area is 180 Å². The van der Waals surface area contributed by atoms with E-state index in [9.17, 15) is 4.55 Å². The van der Waals surface area contributed by atoms with E-state index in [1.165, 1.54) is 0 Å². The number of ether oxygens (including phenoxy) is 1. The molecule has 1 heterocycles. The van der Waals surface area contributed by atoms with Gasteiger partial charge >= 0.3 is 0 Å². The standard InChI is InChI=1S/C19H27Cl3N2O2S/c1-5-10-26-14-11-13(20)16(21)17(22)15(14)18(12-6-8-23-9-7-12)24-27(25)19(2,3)4/h5,11-12,18,23-24H,1,6-10H2,2-4H3/t18?,27-/m0/s1. The number of nitrogens with one attached hydrogen (secondary N) is 2. The predicted molar refractivity (Wildman–Crippen MR) is 117 cm³/mol. The zero-order chi connectivity index (χ0) is 20.2. The van der Waals surface area contributed by atoms with Crippen molar-refractivity contribution in [2.24, 2.45) is 5.92 Å². The van der Waals surface area contributed by atoms with E-state index in [4.69, 9.17) is 39.5 Å². The second-order valence-corrected chi connectivity index (χ2v) is 10.7. The molecule has 27 heavy (non-hydrogen) atoms. The summed E-state index contributed by atoms with van der Waals surface area (Å²) in [6.45, 7) is 11.6. The lowest BCUT2D eigenvalue weighted by Crippen LogP contribution is -2.45. The monoisotopic (exact) mass is 452 g/mol. The molecule has 8 heteroatoms. The van der Waals surface area contributed by atoms with Gasteiger partial charge in [0.1, 0.15) is 17.1 Å². The van der Waals surface area contributed by atoms with Gasteiger partial charge in [0, 0.05) is 23.0 Å². The molecule has 0 aromatic heterocycles. The average Bonchev–Trinajstić information content (AvgIpc) is 2.63. The van der Waals surface area contributed by atoms with Gasteiger partial charge in [-0.25, -0.2) is 0 Å². The van der Waals surface area contributed by atoms with Crippen molar-refractivity contribution in [1.29, 1.82) is 0 Å².